The highest BCUT2D eigenvalue weighted by Crippen LogP contribution is 2.37. The number of halogens is 4. The minimum absolute atomic E-state index is 0.0110. The smallest absolute Gasteiger partial charge is 0.420 e. The van der Waals surface area contributed by atoms with Crippen molar-refractivity contribution in [3.05, 3.63) is 106 Å². The van der Waals surface area contributed by atoms with E-state index in [0.29, 0.717) is 56.2 Å². The average Bonchev–Trinajstić information content (AvgIpc) is 3.53. The first kappa shape index (κ1) is 32.2. The molecule has 12 heteroatoms. The number of pyridine rings is 1. The molecule has 2 aliphatic rings. The van der Waals surface area contributed by atoms with E-state index in [1.54, 1.807) is 40.1 Å². The molecular weight excluding hydrogens is 614 g/mol. The number of carbonyl (C=O) groups is 2. The standard InChI is InChI=1S/C35H35F4N5O3/c1-23-5-4-7-26(19-23)25-11-13-44(14-12-25)34-41-33(35(37,38)39)32(47-34)29(45)20-24-9-10-30(40-22-24)42-15-17-43(18-16-42)31(46)21-27-6-2-3-8-28(27)36/h2-10,19,22,25H,11-18,20-21H2,1H3. The number of benzene rings is 2. The second kappa shape index (κ2) is 13.5. The van der Waals surface area contributed by atoms with Crippen molar-refractivity contribution in [2.75, 3.05) is 49.1 Å². The summed E-state index contributed by atoms with van der Waals surface area (Å²) in [5.74, 6) is -1.28. The largest absolute Gasteiger partial charge is 0.437 e. The molecule has 0 bridgehead atoms. The fraction of sp³-hybridized carbons (Fsp3) is 0.371. The summed E-state index contributed by atoms with van der Waals surface area (Å²) >= 11 is 0. The number of aromatic nitrogens is 2. The molecule has 8 nitrogen and oxygen atoms in total. The molecule has 0 saturated carbocycles. The van der Waals surface area contributed by atoms with Gasteiger partial charge in [-0.05, 0) is 54.5 Å². The summed E-state index contributed by atoms with van der Waals surface area (Å²) in [5, 5.41) is 0. The fourth-order valence-electron chi connectivity index (χ4n) is 6.23. The number of ketones is 1. The van der Waals surface area contributed by atoms with Gasteiger partial charge >= 0.3 is 6.18 Å². The number of carbonyl (C=O) groups excluding carboxylic acids is 2. The van der Waals surface area contributed by atoms with Crippen molar-refractivity contribution in [3.63, 3.8) is 0 Å². The minimum Gasteiger partial charge on any atom is -0.420 e. The van der Waals surface area contributed by atoms with E-state index < -0.39 is 29.2 Å². The monoisotopic (exact) mass is 649 g/mol. The molecule has 0 aliphatic carbocycles. The molecule has 2 aliphatic heterocycles. The zero-order chi connectivity index (χ0) is 33.1. The van der Waals surface area contributed by atoms with Gasteiger partial charge in [0.15, 0.2) is 5.69 Å². The van der Waals surface area contributed by atoms with Gasteiger partial charge in [-0.3, -0.25) is 9.59 Å². The number of aryl methyl sites for hydroxylation is 1. The summed E-state index contributed by atoms with van der Waals surface area (Å²) < 4.78 is 61.4. The zero-order valence-corrected chi connectivity index (χ0v) is 26.0. The number of piperazine rings is 1. The molecule has 2 fully saturated rings. The summed E-state index contributed by atoms with van der Waals surface area (Å²) in [6, 6.07) is 17.6. The van der Waals surface area contributed by atoms with Gasteiger partial charge in [0.05, 0.1) is 6.42 Å². The number of piperidine rings is 1. The number of Topliss-reactive ketones (excluding diaryl/α,β-unsaturated/α-hetero) is 1. The Labute approximate surface area is 270 Å². The molecule has 4 heterocycles. The molecule has 2 aromatic heterocycles. The Hall–Kier alpha value is -4.74. The molecule has 0 N–H and O–H groups in total. The van der Waals surface area contributed by atoms with Crippen LogP contribution >= 0.6 is 0 Å². The molecule has 0 spiro atoms. The molecule has 4 aromatic rings. The third-order valence-corrected chi connectivity index (χ3v) is 8.85. The Bertz CT molecular complexity index is 1720. The van der Waals surface area contributed by atoms with Gasteiger partial charge in [-0.1, -0.05) is 54.1 Å². The van der Waals surface area contributed by atoms with Gasteiger partial charge in [0.1, 0.15) is 11.6 Å². The summed E-state index contributed by atoms with van der Waals surface area (Å²) in [5.41, 5.74) is 1.84. The van der Waals surface area contributed by atoms with Crippen molar-refractivity contribution in [2.24, 2.45) is 0 Å². The molecule has 6 rings (SSSR count). The van der Waals surface area contributed by atoms with Crippen LogP contribution in [0.4, 0.5) is 29.4 Å². The second-order valence-corrected chi connectivity index (χ2v) is 12.1. The maximum absolute atomic E-state index is 14.0. The van der Waals surface area contributed by atoms with Crippen LogP contribution in [0.15, 0.2) is 71.3 Å². The van der Waals surface area contributed by atoms with Gasteiger partial charge in [0.2, 0.25) is 17.5 Å². The van der Waals surface area contributed by atoms with Crippen molar-refractivity contribution in [2.45, 2.75) is 44.7 Å². The molecule has 0 unspecified atom stereocenters. The van der Waals surface area contributed by atoms with E-state index >= 15 is 0 Å². The Morgan fingerprint density at radius 1 is 0.894 bits per heavy atom. The van der Waals surface area contributed by atoms with Crippen LogP contribution in [0.3, 0.4) is 0 Å². The summed E-state index contributed by atoms with van der Waals surface area (Å²) in [6.45, 7) is 4.84. The van der Waals surface area contributed by atoms with Gasteiger partial charge in [0, 0.05) is 51.9 Å². The molecule has 2 aromatic carbocycles. The first-order valence-corrected chi connectivity index (χ1v) is 15.7. The van der Waals surface area contributed by atoms with Gasteiger partial charge in [-0.25, -0.2) is 9.37 Å². The number of hydrogen-bond donors (Lipinski definition) is 0. The first-order valence-electron chi connectivity index (χ1n) is 15.7. The van der Waals surface area contributed by atoms with E-state index in [-0.39, 0.29) is 30.7 Å². The minimum atomic E-state index is -4.85. The average molecular weight is 650 g/mol. The lowest BCUT2D eigenvalue weighted by Crippen LogP contribution is -2.49. The number of amides is 1. The topological polar surface area (TPSA) is 82.8 Å². The third-order valence-electron chi connectivity index (χ3n) is 8.85. The lowest BCUT2D eigenvalue weighted by atomic mass is 9.89. The third kappa shape index (κ3) is 7.47. The number of nitrogens with zero attached hydrogens (tertiary/aromatic N) is 5. The molecule has 47 heavy (non-hydrogen) atoms. The zero-order valence-electron chi connectivity index (χ0n) is 26.0. The van der Waals surface area contributed by atoms with Crippen molar-refractivity contribution >= 4 is 23.5 Å². The van der Waals surface area contributed by atoms with Crippen LogP contribution < -0.4 is 9.80 Å². The maximum Gasteiger partial charge on any atom is 0.437 e. The molecule has 1 amide bonds. The number of hydrogen-bond acceptors (Lipinski definition) is 7. The predicted octanol–water partition coefficient (Wildman–Crippen LogP) is 6.24. The predicted molar refractivity (Wildman–Crippen MR) is 168 cm³/mol. The summed E-state index contributed by atoms with van der Waals surface area (Å²) in [7, 11) is 0. The number of rotatable bonds is 8. The Kier molecular flexibility index (Phi) is 9.28. The van der Waals surface area contributed by atoms with Crippen LogP contribution in [0.25, 0.3) is 0 Å². The van der Waals surface area contributed by atoms with Crippen LogP contribution in [0, 0.1) is 12.7 Å². The lowest BCUT2D eigenvalue weighted by molar-refractivity contribution is -0.141. The van der Waals surface area contributed by atoms with E-state index in [2.05, 4.69) is 22.1 Å². The highest BCUT2D eigenvalue weighted by atomic mass is 19.4. The highest BCUT2D eigenvalue weighted by Gasteiger charge is 2.42. The van der Waals surface area contributed by atoms with Gasteiger partial charge in [-0.2, -0.15) is 18.2 Å². The van der Waals surface area contributed by atoms with E-state index in [4.69, 9.17) is 4.42 Å². The number of anilines is 2. The van der Waals surface area contributed by atoms with Crippen molar-refractivity contribution < 1.29 is 31.6 Å². The first-order chi connectivity index (χ1) is 22.5. The van der Waals surface area contributed by atoms with Crippen LogP contribution in [0.5, 0.6) is 0 Å². The van der Waals surface area contributed by atoms with Crippen molar-refractivity contribution in [3.8, 4) is 0 Å². The lowest BCUT2D eigenvalue weighted by Gasteiger charge is -2.35. The Balaban J connectivity index is 1.06. The molecule has 0 atom stereocenters. The highest BCUT2D eigenvalue weighted by molar-refractivity contribution is 5.96. The molecule has 0 radical (unpaired) electrons. The van der Waals surface area contributed by atoms with Crippen molar-refractivity contribution in [1.29, 1.82) is 0 Å². The summed E-state index contributed by atoms with van der Waals surface area (Å²) in [4.78, 5) is 39.3. The summed E-state index contributed by atoms with van der Waals surface area (Å²) in [6.07, 6.45) is -2.28. The van der Waals surface area contributed by atoms with Gasteiger partial charge < -0.3 is 19.1 Å². The second-order valence-electron chi connectivity index (χ2n) is 12.1. The Morgan fingerprint density at radius 2 is 1.64 bits per heavy atom. The van der Waals surface area contributed by atoms with Gasteiger partial charge in [-0.15, -0.1) is 0 Å². The van der Waals surface area contributed by atoms with E-state index in [1.165, 1.54) is 17.8 Å². The fourth-order valence-corrected chi connectivity index (χ4v) is 6.23. The van der Waals surface area contributed by atoms with E-state index in [0.717, 1.165) is 18.4 Å². The van der Waals surface area contributed by atoms with Crippen LogP contribution in [0.1, 0.15) is 57.3 Å². The molecule has 246 valence electrons. The Morgan fingerprint density at radius 3 is 2.30 bits per heavy atom. The SMILES string of the molecule is Cc1cccc(C2CCN(c3nc(C(F)(F)F)c(C(=O)Cc4ccc(N5CCN(C(=O)Cc6ccccc6F)CC5)nc4)o3)CC2)c1. The van der Waals surface area contributed by atoms with Crippen LogP contribution in [0.2, 0.25) is 0 Å². The molecular formula is C35H35F4N5O3. The van der Waals surface area contributed by atoms with E-state index in [9.17, 15) is 27.2 Å². The number of oxazole rings is 1. The molecule has 2 saturated heterocycles. The van der Waals surface area contributed by atoms with Crippen LogP contribution in [-0.4, -0.2) is 65.8 Å². The quantitative estimate of drug-likeness (QED) is 0.165. The van der Waals surface area contributed by atoms with Crippen molar-refractivity contribution in [1.82, 2.24) is 14.9 Å². The van der Waals surface area contributed by atoms with Gasteiger partial charge in [0.25, 0.3) is 6.01 Å². The van der Waals surface area contributed by atoms with E-state index in [1.807, 2.05) is 24.0 Å². The maximum atomic E-state index is 14.0. The van der Waals surface area contributed by atoms with Crippen LogP contribution in [-0.2, 0) is 23.8 Å². The normalized spacial score (nSPS) is 16.1. The number of alkyl halides is 3.